The van der Waals surface area contributed by atoms with Crippen molar-refractivity contribution in [2.75, 3.05) is 11.9 Å². The van der Waals surface area contributed by atoms with Crippen LogP contribution in [-0.2, 0) is 20.9 Å². The first-order valence-electron chi connectivity index (χ1n) is 8.24. The molecular weight excluding hydrogens is 336 g/mol. The number of anilines is 1. The first-order chi connectivity index (χ1) is 12.5. The summed E-state index contributed by atoms with van der Waals surface area (Å²) in [5, 5.41) is 2.72. The van der Waals surface area contributed by atoms with Crippen LogP contribution in [-0.4, -0.2) is 28.8 Å². The van der Waals surface area contributed by atoms with Crippen molar-refractivity contribution < 1.29 is 19.1 Å². The fourth-order valence-corrected chi connectivity index (χ4v) is 2.20. The minimum atomic E-state index is -0.671. The lowest BCUT2D eigenvalue weighted by Gasteiger charge is -2.07. The average Bonchev–Trinajstić information content (AvgIpc) is 2.62. The lowest BCUT2D eigenvalue weighted by atomic mass is 10.1. The quantitative estimate of drug-likeness (QED) is 0.577. The van der Waals surface area contributed by atoms with Crippen molar-refractivity contribution >= 4 is 23.3 Å². The molecule has 2 rings (SSSR count). The Balaban J connectivity index is 1.85. The zero-order valence-corrected chi connectivity index (χ0v) is 14.4. The molecule has 0 aliphatic heterocycles. The maximum absolute atomic E-state index is 12.1. The Morgan fingerprint density at radius 1 is 1.08 bits per heavy atom. The Bertz CT molecular complexity index is 840. The smallest absolute Gasteiger partial charge is 0.326 e. The third-order valence-corrected chi connectivity index (χ3v) is 3.53. The van der Waals surface area contributed by atoms with Crippen LogP contribution in [0.25, 0.3) is 0 Å². The maximum Gasteiger partial charge on any atom is 0.326 e. The Hall–Kier alpha value is -3.22. The second-order valence-electron chi connectivity index (χ2n) is 5.63. The molecule has 1 aromatic heterocycles. The van der Waals surface area contributed by atoms with Crippen LogP contribution in [0.5, 0.6) is 0 Å². The summed E-state index contributed by atoms with van der Waals surface area (Å²) < 4.78 is 6.12. The van der Waals surface area contributed by atoms with Crippen molar-refractivity contribution in [3.8, 4) is 0 Å². The molecule has 0 saturated carbocycles. The highest BCUT2D eigenvalue weighted by atomic mass is 16.5. The number of hydrogen-bond acceptors (Lipinski definition) is 5. The van der Waals surface area contributed by atoms with E-state index in [0.717, 1.165) is 6.42 Å². The van der Waals surface area contributed by atoms with Crippen molar-refractivity contribution in [1.82, 2.24) is 4.57 Å². The topological polar surface area (TPSA) is 94.5 Å². The summed E-state index contributed by atoms with van der Waals surface area (Å²) in [7, 11) is 0. The number of nitrogens with one attached hydrogen (secondary N) is 1. The molecule has 7 nitrogen and oxygen atoms in total. The maximum atomic E-state index is 12.1. The number of nitrogens with zero attached hydrogens (tertiary/aromatic N) is 1. The summed E-state index contributed by atoms with van der Waals surface area (Å²) in [6.07, 6.45) is 2.65. The summed E-state index contributed by atoms with van der Waals surface area (Å²) in [6, 6.07) is 10.9. The normalized spacial score (nSPS) is 10.2. The lowest BCUT2D eigenvalue weighted by molar-refractivity contribution is -0.143. The number of aromatic nitrogens is 1. The molecule has 0 aliphatic carbocycles. The van der Waals surface area contributed by atoms with E-state index in [2.05, 4.69) is 5.32 Å². The van der Waals surface area contributed by atoms with Gasteiger partial charge in [0.05, 0.1) is 0 Å². The van der Waals surface area contributed by atoms with Crippen LogP contribution in [0.3, 0.4) is 0 Å². The van der Waals surface area contributed by atoms with Gasteiger partial charge < -0.3 is 14.6 Å². The number of ketones is 1. The van der Waals surface area contributed by atoms with Gasteiger partial charge in [-0.05, 0) is 36.8 Å². The number of amides is 1. The molecular formula is C19H20N2O5. The Labute approximate surface area is 150 Å². The Morgan fingerprint density at radius 2 is 1.81 bits per heavy atom. The molecule has 0 saturated heterocycles. The van der Waals surface area contributed by atoms with E-state index >= 15 is 0 Å². The summed E-state index contributed by atoms with van der Waals surface area (Å²) in [5.41, 5.74) is 0.639. The largest absolute Gasteiger partial charge is 0.456 e. The molecule has 0 radical (unpaired) electrons. The van der Waals surface area contributed by atoms with E-state index in [4.69, 9.17) is 4.74 Å². The van der Waals surface area contributed by atoms with E-state index in [1.54, 1.807) is 36.4 Å². The van der Waals surface area contributed by atoms with Gasteiger partial charge in [0.25, 0.3) is 5.56 Å². The number of Topliss-reactive ketones (excluding diaryl/α,β-unsaturated/α-hetero) is 1. The molecule has 7 heteroatoms. The summed E-state index contributed by atoms with van der Waals surface area (Å²) in [6.45, 7) is 1.24. The van der Waals surface area contributed by atoms with Gasteiger partial charge in [-0.25, -0.2) is 0 Å². The van der Waals surface area contributed by atoms with Crippen LogP contribution in [0.4, 0.5) is 5.69 Å². The predicted molar refractivity (Wildman–Crippen MR) is 96.0 cm³/mol. The Morgan fingerprint density at radius 3 is 2.46 bits per heavy atom. The fourth-order valence-electron chi connectivity index (χ4n) is 2.20. The molecule has 0 fully saturated rings. The van der Waals surface area contributed by atoms with Crippen LogP contribution in [0.15, 0.2) is 53.5 Å². The zero-order valence-electron chi connectivity index (χ0n) is 14.4. The number of rotatable bonds is 8. The third-order valence-electron chi connectivity index (χ3n) is 3.53. The molecule has 0 bridgehead atoms. The van der Waals surface area contributed by atoms with E-state index in [1.165, 1.54) is 16.8 Å². The molecule has 136 valence electrons. The van der Waals surface area contributed by atoms with Crippen LogP contribution in [0, 0.1) is 0 Å². The van der Waals surface area contributed by atoms with Gasteiger partial charge in [0.15, 0.2) is 12.4 Å². The number of hydrogen-bond donors (Lipinski definition) is 1. The monoisotopic (exact) mass is 356 g/mol. The van der Waals surface area contributed by atoms with Gasteiger partial charge in [0.2, 0.25) is 5.91 Å². The first-order valence-corrected chi connectivity index (χ1v) is 8.24. The highest BCUT2D eigenvalue weighted by Gasteiger charge is 2.11. The van der Waals surface area contributed by atoms with E-state index in [-0.39, 0.29) is 23.8 Å². The van der Waals surface area contributed by atoms with Crippen LogP contribution >= 0.6 is 0 Å². The van der Waals surface area contributed by atoms with Gasteiger partial charge in [0, 0.05) is 29.9 Å². The van der Waals surface area contributed by atoms with E-state index in [9.17, 15) is 19.2 Å². The first kappa shape index (κ1) is 19.1. The molecule has 1 amide bonds. The fraction of sp³-hybridized carbons (Fsp3) is 0.263. The van der Waals surface area contributed by atoms with Gasteiger partial charge in [-0.3, -0.25) is 19.2 Å². The zero-order chi connectivity index (χ0) is 18.9. The average molecular weight is 356 g/mol. The van der Waals surface area contributed by atoms with E-state index in [1.807, 2.05) is 6.92 Å². The molecule has 2 aromatic rings. The highest BCUT2D eigenvalue weighted by Crippen LogP contribution is 2.11. The standard InChI is InChI=1S/C19H20N2O5/c1-2-5-17(23)20-15-9-7-14(8-10-15)16(22)13-26-19(25)12-21-11-4-3-6-18(21)24/h3-4,6-11H,2,5,12-13H2,1H3,(H,20,23). The predicted octanol–water partition coefficient (Wildman–Crippen LogP) is 2.01. The van der Waals surface area contributed by atoms with Gasteiger partial charge in [-0.1, -0.05) is 13.0 Å². The summed E-state index contributed by atoms with van der Waals surface area (Å²) in [5.74, 6) is -1.13. The van der Waals surface area contributed by atoms with Crippen LogP contribution in [0.2, 0.25) is 0 Å². The SMILES string of the molecule is CCCC(=O)Nc1ccc(C(=O)COC(=O)Cn2ccccc2=O)cc1. The van der Waals surface area contributed by atoms with Gasteiger partial charge >= 0.3 is 5.97 Å². The van der Waals surface area contributed by atoms with Crippen molar-refractivity contribution in [3.05, 3.63) is 64.6 Å². The van der Waals surface area contributed by atoms with Crippen LogP contribution < -0.4 is 10.9 Å². The lowest BCUT2D eigenvalue weighted by Crippen LogP contribution is -2.25. The number of ether oxygens (including phenoxy) is 1. The molecule has 0 atom stereocenters. The number of benzene rings is 1. The third kappa shape index (κ3) is 5.70. The van der Waals surface area contributed by atoms with Gasteiger partial charge in [0.1, 0.15) is 6.54 Å². The van der Waals surface area contributed by atoms with Gasteiger partial charge in [-0.2, -0.15) is 0 Å². The summed E-state index contributed by atoms with van der Waals surface area (Å²) >= 11 is 0. The van der Waals surface area contributed by atoms with Gasteiger partial charge in [-0.15, -0.1) is 0 Å². The van der Waals surface area contributed by atoms with Crippen molar-refractivity contribution in [3.63, 3.8) is 0 Å². The van der Waals surface area contributed by atoms with Crippen molar-refractivity contribution in [2.24, 2.45) is 0 Å². The van der Waals surface area contributed by atoms with Crippen molar-refractivity contribution in [1.29, 1.82) is 0 Å². The minimum absolute atomic E-state index is 0.0864. The van der Waals surface area contributed by atoms with Crippen LogP contribution in [0.1, 0.15) is 30.1 Å². The Kier molecular flexibility index (Phi) is 6.84. The minimum Gasteiger partial charge on any atom is -0.456 e. The van der Waals surface area contributed by atoms with E-state index < -0.39 is 12.6 Å². The van der Waals surface area contributed by atoms with E-state index in [0.29, 0.717) is 17.7 Å². The number of carbonyl (C=O) groups is 3. The number of carbonyl (C=O) groups excluding carboxylic acids is 3. The molecule has 1 N–H and O–H groups in total. The molecule has 0 aliphatic rings. The van der Waals surface area contributed by atoms with Crippen molar-refractivity contribution in [2.45, 2.75) is 26.3 Å². The molecule has 0 unspecified atom stereocenters. The number of pyridine rings is 1. The number of esters is 1. The molecule has 1 heterocycles. The molecule has 0 spiro atoms. The second-order valence-corrected chi connectivity index (χ2v) is 5.63. The highest BCUT2D eigenvalue weighted by molar-refractivity contribution is 5.98. The second kappa shape index (κ2) is 9.31. The summed E-state index contributed by atoms with van der Waals surface area (Å²) in [4.78, 5) is 46.9. The molecule has 1 aromatic carbocycles. The molecule has 26 heavy (non-hydrogen) atoms.